The predicted molar refractivity (Wildman–Crippen MR) is 94.5 cm³/mol. The van der Waals surface area contributed by atoms with Gasteiger partial charge in [0.2, 0.25) is 5.91 Å². The number of amides is 1. The van der Waals surface area contributed by atoms with Gasteiger partial charge in [0.25, 0.3) is 0 Å². The summed E-state index contributed by atoms with van der Waals surface area (Å²) < 4.78 is 5.27. The summed E-state index contributed by atoms with van der Waals surface area (Å²) >= 11 is 7.70. The summed E-state index contributed by atoms with van der Waals surface area (Å²) in [4.78, 5) is 14.6. The molecule has 6 heteroatoms. The van der Waals surface area contributed by atoms with Gasteiger partial charge in [-0.1, -0.05) is 11.6 Å². The van der Waals surface area contributed by atoms with Crippen LogP contribution in [0, 0.1) is 0 Å². The lowest BCUT2D eigenvalue weighted by atomic mass is 10.1. The van der Waals surface area contributed by atoms with E-state index in [1.807, 2.05) is 0 Å². The number of methoxy groups -OCH3 is 1. The van der Waals surface area contributed by atoms with Gasteiger partial charge in [-0.05, 0) is 60.0 Å². The SMILES string of the molecule is COc1ccc(Cl)cc1NC(=O)CN1CCCC1c1ccsc1. The quantitative estimate of drug-likeness (QED) is 0.879. The summed E-state index contributed by atoms with van der Waals surface area (Å²) in [5, 5.41) is 7.73. The average molecular weight is 351 g/mol. The highest BCUT2D eigenvalue weighted by molar-refractivity contribution is 7.07. The number of nitrogens with zero attached hydrogens (tertiary/aromatic N) is 1. The number of rotatable bonds is 5. The van der Waals surface area contributed by atoms with Crippen LogP contribution in [0.1, 0.15) is 24.4 Å². The summed E-state index contributed by atoms with van der Waals surface area (Å²) in [7, 11) is 1.58. The number of nitrogens with one attached hydrogen (secondary N) is 1. The summed E-state index contributed by atoms with van der Waals surface area (Å²) in [6, 6.07) is 7.68. The highest BCUT2D eigenvalue weighted by atomic mass is 35.5. The van der Waals surface area contributed by atoms with Crippen LogP contribution in [0.2, 0.25) is 5.02 Å². The van der Waals surface area contributed by atoms with Crippen molar-refractivity contribution in [3.63, 3.8) is 0 Å². The third-order valence-electron chi connectivity index (χ3n) is 4.07. The van der Waals surface area contributed by atoms with Crippen molar-refractivity contribution < 1.29 is 9.53 Å². The summed E-state index contributed by atoms with van der Waals surface area (Å²) in [6.07, 6.45) is 2.22. The smallest absolute Gasteiger partial charge is 0.238 e. The molecule has 23 heavy (non-hydrogen) atoms. The Bertz CT molecular complexity index is 675. The molecule has 1 aliphatic heterocycles. The van der Waals surface area contributed by atoms with Crippen molar-refractivity contribution in [1.82, 2.24) is 4.90 Å². The Morgan fingerprint density at radius 2 is 2.35 bits per heavy atom. The fraction of sp³-hybridized carbons (Fsp3) is 0.353. The Hall–Kier alpha value is -1.56. The largest absolute Gasteiger partial charge is 0.495 e. The van der Waals surface area contributed by atoms with Gasteiger partial charge in [-0.3, -0.25) is 9.69 Å². The first-order chi connectivity index (χ1) is 11.2. The van der Waals surface area contributed by atoms with Gasteiger partial charge in [-0.2, -0.15) is 11.3 Å². The molecule has 1 aromatic carbocycles. The second-order valence-electron chi connectivity index (χ2n) is 5.58. The van der Waals surface area contributed by atoms with E-state index in [1.165, 1.54) is 5.56 Å². The Balaban J connectivity index is 1.66. The average Bonchev–Trinajstić information content (AvgIpc) is 3.18. The molecule has 3 rings (SSSR count). The molecule has 122 valence electrons. The van der Waals surface area contributed by atoms with Crippen molar-refractivity contribution in [2.24, 2.45) is 0 Å². The van der Waals surface area contributed by atoms with Crippen molar-refractivity contribution >= 4 is 34.5 Å². The van der Waals surface area contributed by atoms with Crippen LogP contribution in [-0.4, -0.2) is 31.0 Å². The van der Waals surface area contributed by atoms with Crippen molar-refractivity contribution in [3.05, 3.63) is 45.6 Å². The molecule has 0 radical (unpaired) electrons. The number of halogens is 1. The van der Waals surface area contributed by atoms with Gasteiger partial charge in [0.1, 0.15) is 5.75 Å². The van der Waals surface area contributed by atoms with E-state index in [4.69, 9.17) is 16.3 Å². The van der Waals surface area contributed by atoms with E-state index < -0.39 is 0 Å². The van der Waals surface area contributed by atoms with Gasteiger partial charge in [-0.25, -0.2) is 0 Å². The van der Waals surface area contributed by atoms with Crippen LogP contribution in [0.3, 0.4) is 0 Å². The number of thiophene rings is 1. The minimum Gasteiger partial charge on any atom is -0.495 e. The highest BCUT2D eigenvalue weighted by Crippen LogP contribution is 2.33. The first-order valence-corrected chi connectivity index (χ1v) is 8.89. The summed E-state index contributed by atoms with van der Waals surface area (Å²) in [5.41, 5.74) is 1.91. The van der Waals surface area contributed by atoms with Gasteiger partial charge < -0.3 is 10.1 Å². The molecule has 0 aliphatic carbocycles. The number of carbonyl (C=O) groups is 1. The third-order valence-corrected chi connectivity index (χ3v) is 5.01. The first-order valence-electron chi connectivity index (χ1n) is 7.57. The summed E-state index contributed by atoms with van der Waals surface area (Å²) in [6.45, 7) is 1.32. The van der Waals surface area contributed by atoms with Gasteiger partial charge in [0.05, 0.1) is 19.3 Å². The zero-order valence-electron chi connectivity index (χ0n) is 12.9. The van der Waals surface area contributed by atoms with Gasteiger partial charge >= 0.3 is 0 Å². The highest BCUT2D eigenvalue weighted by Gasteiger charge is 2.27. The molecule has 4 nitrogen and oxygen atoms in total. The van der Waals surface area contributed by atoms with Crippen LogP contribution in [0.5, 0.6) is 5.75 Å². The fourth-order valence-electron chi connectivity index (χ4n) is 3.01. The molecule has 1 atom stereocenters. The standard InChI is InChI=1S/C17H19ClN2O2S/c1-22-16-5-4-13(18)9-14(16)19-17(21)10-20-7-2-3-15(20)12-6-8-23-11-12/h4-6,8-9,11,15H,2-3,7,10H2,1H3,(H,19,21). The molecule has 1 amide bonds. The number of ether oxygens (including phenoxy) is 1. The lowest BCUT2D eigenvalue weighted by molar-refractivity contribution is -0.117. The van der Waals surface area contributed by atoms with E-state index in [2.05, 4.69) is 27.0 Å². The first kappa shape index (κ1) is 16.3. The maximum Gasteiger partial charge on any atom is 0.238 e. The molecule has 1 unspecified atom stereocenters. The maximum atomic E-state index is 12.4. The molecule has 2 heterocycles. The van der Waals surface area contributed by atoms with Crippen LogP contribution in [0.4, 0.5) is 5.69 Å². The van der Waals surface area contributed by atoms with Crippen molar-refractivity contribution in [2.75, 3.05) is 25.5 Å². The van der Waals surface area contributed by atoms with Crippen LogP contribution in [0.15, 0.2) is 35.0 Å². The Kier molecular flexibility index (Phi) is 5.20. The van der Waals surface area contributed by atoms with Gasteiger partial charge in [-0.15, -0.1) is 0 Å². The molecule has 1 fully saturated rings. The van der Waals surface area contributed by atoms with E-state index in [1.54, 1.807) is 36.6 Å². The molecule has 0 saturated carbocycles. The van der Waals surface area contributed by atoms with Crippen molar-refractivity contribution in [1.29, 1.82) is 0 Å². The lowest BCUT2D eigenvalue weighted by Crippen LogP contribution is -2.32. The Morgan fingerprint density at radius 1 is 1.48 bits per heavy atom. The molecular formula is C17H19ClN2O2S. The Labute approximate surface area is 145 Å². The van der Waals surface area contributed by atoms with Crippen LogP contribution in [-0.2, 0) is 4.79 Å². The number of likely N-dealkylation sites (tertiary alicyclic amines) is 1. The van der Waals surface area contributed by atoms with E-state index in [9.17, 15) is 4.79 Å². The number of benzene rings is 1. The van der Waals surface area contributed by atoms with E-state index in [-0.39, 0.29) is 5.91 Å². The molecule has 1 aliphatic rings. The molecule has 1 aromatic heterocycles. The molecule has 1 N–H and O–H groups in total. The van der Waals surface area contributed by atoms with Gasteiger partial charge in [0, 0.05) is 11.1 Å². The van der Waals surface area contributed by atoms with Crippen LogP contribution < -0.4 is 10.1 Å². The minimum absolute atomic E-state index is 0.0484. The third kappa shape index (κ3) is 3.86. The predicted octanol–water partition coefficient (Wildman–Crippen LogP) is 4.19. The zero-order chi connectivity index (χ0) is 16.2. The normalized spacial score (nSPS) is 18.1. The minimum atomic E-state index is -0.0484. The molecule has 0 spiro atoms. The van der Waals surface area contributed by atoms with Gasteiger partial charge in [0.15, 0.2) is 0 Å². The zero-order valence-corrected chi connectivity index (χ0v) is 14.5. The summed E-state index contributed by atoms with van der Waals surface area (Å²) in [5.74, 6) is 0.561. The van der Waals surface area contributed by atoms with E-state index in [0.29, 0.717) is 29.0 Å². The van der Waals surface area contributed by atoms with Crippen LogP contribution >= 0.6 is 22.9 Å². The number of hydrogen-bond donors (Lipinski definition) is 1. The lowest BCUT2D eigenvalue weighted by Gasteiger charge is -2.23. The fourth-order valence-corrected chi connectivity index (χ4v) is 3.89. The maximum absolute atomic E-state index is 12.4. The monoisotopic (exact) mass is 350 g/mol. The van der Waals surface area contributed by atoms with Crippen LogP contribution in [0.25, 0.3) is 0 Å². The van der Waals surface area contributed by atoms with Crippen molar-refractivity contribution in [3.8, 4) is 5.75 Å². The Morgan fingerprint density at radius 3 is 3.09 bits per heavy atom. The number of hydrogen-bond acceptors (Lipinski definition) is 4. The van der Waals surface area contributed by atoms with E-state index in [0.717, 1.165) is 19.4 Å². The second kappa shape index (κ2) is 7.34. The van der Waals surface area contributed by atoms with Crippen molar-refractivity contribution in [2.45, 2.75) is 18.9 Å². The topological polar surface area (TPSA) is 41.6 Å². The molecule has 2 aromatic rings. The molecular weight excluding hydrogens is 332 g/mol. The molecule has 1 saturated heterocycles. The molecule has 0 bridgehead atoms. The van der Waals surface area contributed by atoms with E-state index >= 15 is 0 Å². The second-order valence-corrected chi connectivity index (χ2v) is 6.79. The number of anilines is 1. The number of carbonyl (C=O) groups excluding carboxylic acids is 1.